The molecular weight excluding hydrogens is 376 g/mol. The van der Waals surface area contributed by atoms with Gasteiger partial charge in [0.15, 0.2) is 0 Å². The van der Waals surface area contributed by atoms with Gasteiger partial charge in [-0.25, -0.2) is 4.79 Å². The van der Waals surface area contributed by atoms with Crippen LogP contribution in [0.5, 0.6) is 0 Å². The SMILES string of the molecule is Cl.O=C=C(c1csc2ccccc12)C(CC1CCCC1)CN1CCNCC1. The van der Waals surface area contributed by atoms with Crippen LogP contribution >= 0.6 is 23.7 Å². The Hall–Kier alpha value is -1.16. The van der Waals surface area contributed by atoms with Gasteiger partial charge in [-0.3, -0.25) is 0 Å². The van der Waals surface area contributed by atoms with Gasteiger partial charge in [0.05, 0.1) is 0 Å². The zero-order chi connectivity index (χ0) is 17.8. The first kappa shape index (κ1) is 20.6. The lowest BCUT2D eigenvalue weighted by Crippen LogP contribution is -2.45. The van der Waals surface area contributed by atoms with Crippen molar-refractivity contribution in [3.05, 3.63) is 35.2 Å². The van der Waals surface area contributed by atoms with Gasteiger partial charge in [0.25, 0.3) is 0 Å². The summed E-state index contributed by atoms with van der Waals surface area (Å²) in [6.45, 7) is 5.26. The Morgan fingerprint density at radius 2 is 1.96 bits per heavy atom. The minimum absolute atomic E-state index is 0. The Kier molecular flexibility index (Phi) is 7.51. The third kappa shape index (κ3) is 4.82. The Bertz CT molecular complexity index is 786. The topological polar surface area (TPSA) is 32.3 Å². The van der Waals surface area contributed by atoms with E-state index in [1.807, 2.05) is 0 Å². The number of halogens is 1. The molecule has 4 rings (SSSR count). The molecular formula is C22H29ClN2OS. The predicted octanol–water partition coefficient (Wildman–Crippen LogP) is 4.64. The molecule has 0 spiro atoms. The van der Waals surface area contributed by atoms with Crippen LogP contribution < -0.4 is 5.32 Å². The zero-order valence-electron chi connectivity index (χ0n) is 15.8. The van der Waals surface area contributed by atoms with E-state index in [9.17, 15) is 4.79 Å². The molecule has 1 aromatic carbocycles. The summed E-state index contributed by atoms with van der Waals surface area (Å²) in [6.07, 6.45) is 6.50. The molecule has 2 aromatic rings. The lowest BCUT2D eigenvalue weighted by Gasteiger charge is -2.32. The highest BCUT2D eigenvalue weighted by Gasteiger charge is 2.28. The molecule has 1 aliphatic carbocycles. The number of thiophene rings is 1. The highest BCUT2D eigenvalue weighted by molar-refractivity contribution is 7.17. The van der Waals surface area contributed by atoms with E-state index in [1.54, 1.807) is 11.3 Å². The Balaban J connectivity index is 0.00000210. The molecule has 1 aromatic heterocycles. The molecule has 1 unspecified atom stereocenters. The molecule has 0 radical (unpaired) electrons. The van der Waals surface area contributed by atoms with Gasteiger partial charge < -0.3 is 10.2 Å². The average molecular weight is 405 g/mol. The lowest BCUT2D eigenvalue weighted by molar-refractivity contribution is 0.211. The number of nitrogens with one attached hydrogen (secondary N) is 1. The van der Waals surface area contributed by atoms with E-state index < -0.39 is 0 Å². The summed E-state index contributed by atoms with van der Waals surface area (Å²) in [5.74, 6) is 3.46. The maximum absolute atomic E-state index is 12.1. The lowest BCUT2D eigenvalue weighted by atomic mass is 9.84. The van der Waals surface area contributed by atoms with E-state index in [2.05, 4.69) is 45.8 Å². The summed E-state index contributed by atoms with van der Waals surface area (Å²) in [7, 11) is 0. The predicted molar refractivity (Wildman–Crippen MR) is 118 cm³/mol. The van der Waals surface area contributed by atoms with E-state index in [4.69, 9.17) is 0 Å². The molecule has 1 atom stereocenters. The van der Waals surface area contributed by atoms with Gasteiger partial charge in [-0.1, -0.05) is 43.9 Å². The summed E-state index contributed by atoms with van der Waals surface area (Å²) < 4.78 is 1.26. The quantitative estimate of drug-likeness (QED) is 0.712. The number of piperazine rings is 1. The van der Waals surface area contributed by atoms with Gasteiger partial charge >= 0.3 is 0 Å². The summed E-state index contributed by atoms with van der Waals surface area (Å²) in [4.78, 5) is 14.6. The van der Waals surface area contributed by atoms with E-state index >= 15 is 0 Å². The molecule has 3 nitrogen and oxygen atoms in total. The minimum Gasteiger partial charge on any atom is -0.314 e. The highest BCUT2D eigenvalue weighted by atomic mass is 35.5. The number of hydrogen-bond donors (Lipinski definition) is 1. The minimum atomic E-state index is 0. The van der Waals surface area contributed by atoms with Crippen LogP contribution in [0.4, 0.5) is 0 Å². The molecule has 2 fully saturated rings. The van der Waals surface area contributed by atoms with E-state index in [1.165, 1.54) is 35.8 Å². The fourth-order valence-corrected chi connectivity index (χ4v) is 5.64. The Morgan fingerprint density at radius 1 is 1.22 bits per heavy atom. The van der Waals surface area contributed by atoms with Gasteiger partial charge in [0.2, 0.25) is 0 Å². The van der Waals surface area contributed by atoms with E-state index in [-0.39, 0.29) is 12.4 Å². The molecule has 1 N–H and O–H groups in total. The van der Waals surface area contributed by atoms with Gasteiger partial charge in [-0.15, -0.1) is 23.7 Å². The van der Waals surface area contributed by atoms with Gasteiger partial charge in [0, 0.05) is 65.2 Å². The highest BCUT2D eigenvalue weighted by Crippen LogP contribution is 2.38. The van der Waals surface area contributed by atoms with Crippen molar-refractivity contribution in [3.8, 4) is 0 Å². The maximum atomic E-state index is 12.1. The van der Waals surface area contributed by atoms with Gasteiger partial charge in [-0.2, -0.15) is 0 Å². The average Bonchev–Trinajstić information content (AvgIpc) is 3.34. The first-order valence-corrected chi connectivity index (χ1v) is 10.9. The summed E-state index contributed by atoms with van der Waals surface area (Å²) >= 11 is 1.74. The third-order valence-corrected chi connectivity index (χ3v) is 7.03. The number of rotatable bonds is 6. The number of nitrogens with zero attached hydrogens (tertiary/aromatic N) is 1. The first-order chi connectivity index (χ1) is 12.8. The molecule has 2 aliphatic rings. The van der Waals surface area contributed by atoms with Crippen LogP contribution in [0.25, 0.3) is 15.7 Å². The molecule has 2 heterocycles. The van der Waals surface area contributed by atoms with Gasteiger partial charge in [-0.05, 0) is 18.4 Å². The normalized spacial score (nSPS) is 19.6. The van der Waals surface area contributed by atoms with Crippen LogP contribution in [-0.4, -0.2) is 43.6 Å². The van der Waals surface area contributed by atoms with Crippen molar-refractivity contribution in [1.29, 1.82) is 0 Å². The second-order valence-electron chi connectivity index (χ2n) is 7.79. The molecule has 27 heavy (non-hydrogen) atoms. The van der Waals surface area contributed by atoms with Crippen LogP contribution in [0.1, 0.15) is 37.7 Å². The largest absolute Gasteiger partial charge is 0.314 e. The van der Waals surface area contributed by atoms with Crippen molar-refractivity contribution in [1.82, 2.24) is 10.2 Å². The smallest absolute Gasteiger partial charge is 0.128 e. The summed E-state index contributed by atoms with van der Waals surface area (Å²) in [6, 6.07) is 8.44. The number of hydrogen-bond acceptors (Lipinski definition) is 4. The van der Waals surface area contributed by atoms with Crippen LogP contribution in [0.2, 0.25) is 0 Å². The second kappa shape index (κ2) is 9.86. The Labute approximate surface area is 172 Å². The molecule has 0 bridgehead atoms. The monoisotopic (exact) mass is 404 g/mol. The van der Waals surface area contributed by atoms with Crippen molar-refractivity contribution >= 4 is 45.3 Å². The van der Waals surface area contributed by atoms with Crippen LogP contribution in [0.3, 0.4) is 0 Å². The number of benzene rings is 1. The molecule has 1 saturated carbocycles. The molecule has 1 saturated heterocycles. The third-order valence-electron chi connectivity index (χ3n) is 6.07. The number of fused-ring (bicyclic) bond motifs is 1. The van der Waals surface area contributed by atoms with Crippen molar-refractivity contribution in [2.75, 3.05) is 32.7 Å². The summed E-state index contributed by atoms with van der Waals surface area (Å²) in [5, 5.41) is 6.82. The molecule has 146 valence electrons. The van der Waals surface area contributed by atoms with Crippen LogP contribution in [-0.2, 0) is 4.79 Å². The van der Waals surface area contributed by atoms with Crippen LogP contribution in [0.15, 0.2) is 29.6 Å². The fourth-order valence-electron chi connectivity index (χ4n) is 4.68. The maximum Gasteiger partial charge on any atom is 0.128 e. The molecule has 1 aliphatic heterocycles. The molecule has 5 heteroatoms. The van der Waals surface area contributed by atoms with Crippen molar-refractivity contribution < 1.29 is 4.79 Å². The van der Waals surface area contributed by atoms with E-state index in [0.717, 1.165) is 56.2 Å². The van der Waals surface area contributed by atoms with Crippen molar-refractivity contribution in [2.45, 2.75) is 32.1 Å². The van der Waals surface area contributed by atoms with E-state index in [0.29, 0.717) is 5.92 Å². The van der Waals surface area contributed by atoms with Crippen molar-refractivity contribution in [3.63, 3.8) is 0 Å². The fraction of sp³-hybridized carbons (Fsp3) is 0.545. The van der Waals surface area contributed by atoms with Gasteiger partial charge in [0.1, 0.15) is 5.94 Å². The zero-order valence-corrected chi connectivity index (χ0v) is 17.4. The Morgan fingerprint density at radius 3 is 2.70 bits per heavy atom. The first-order valence-electron chi connectivity index (χ1n) is 10.00. The summed E-state index contributed by atoms with van der Waals surface area (Å²) in [5.41, 5.74) is 2.03. The van der Waals surface area contributed by atoms with Crippen molar-refractivity contribution in [2.24, 2.45) is 11.8 Å². The number of carbonyl (C=O) groups excluding carboxylic acids is 1. The standard InChI is InChI=1S/C22H28N2OS.ClH/c25-15-20(21-16-26-22-8-4-3-7-19(21)22)18(13-17-5-1-2-6-17)14-24-11-9-23-10-12-24;/h3-4,7-8,16-18,23H,1-2,5-6,9-14H2;1H. The second-order valence-corrected chi connectivity index (χ2v) is 8.71. The molecule has 0 amide bonds. The van der Waals surface area contributed by atoms with Crippen LogP contribution in [0, 0.1) is 11.8 Å².